The van der Waals surface area contributed by atoms with E-state index in [1.165, 1.54) is 16.5 Å². The molecule has 0 saturated heterocycles. The van der Waals surface area contributed by atoms with Crippen LogP contribution in [0.15, 0.2) is 30.3 Å². The van der Waals surface area contributed by atoms with Gasteiger partial charge in [-0.1, -0.05) is 24.3 Å². The van der Waals surface area contributed by atoms with Crippen molar-refractivity contribution in [3.05, 3.63) is 41.5 Å². The molecule has 4 rings (SSSR count). The van der Waals surface area contributed by atoms with E-state index in [4.69, 9.17) is 0 Å². The van der Waals surface area contributed by atoms with E-state index in [1.54, 1.807) is 0 Å². The number of aliphatic hydroxyl groups is 1. The second-order valence-corrected chi connectivity index (χ2v) is 6.91. The summed E-state index contributed by atoms with van der Waals surface area (Å²) in [7, 11) is 0. The molecular weight excluding hydrogens is 304 g/mol. The molecule has 0 heterocycles. The number of hydrogen-bond acceptors (Lipinski definition) is 3. The molecule has 5 heteroatoms. The predicted molar refractivity (Wildman–Crippen MR) is 91.7 cm³/mol. The Kier molecular flexibility index (Phi) is 3.53. The minimum absolute atomic E-state index is 0.0454. The van der Waals surface area contributed by atoms with Crippen molar-refractivity contribution < 1.29 is 14.7 Å². The molecule has 2 aromatic rings. The molecule has 0 unspecified atom stereocenters. The van der Waals surface area contributed by atoms with Crippen molar-refractivity contribution in [2.24, 2.45) is 5.41 Å². The molecule has 0 atom stereocenters. The van der Waals surface area contributed by atoms with Gasteiger partial charge in [0.25, 0.3) is 0 Å². The van der Waals surface area contributed by atoms with Crippen molar-refractivity contribution in [3.8, 4) is 0 Å². The van der Waals surface area contributed by atoms with Crippen molar-refractivity contribution in [2.45, 2.75) is 25.7 Å². The van der Waals surface area contributed by atoms with Gasteiger partial charge in [0, 0.05) is 23.0 Å². The maximum Gasteiger partial charge on any atom is 0.313 e. The summed E-state index contributed by atoms with van der Waals surface area (Å²) in [5.74, 6) is -1.32. The minimum Gasteiger partial charge on any atom is -0.396 e. The van der Waals surface area contributed by atoms with Crippen LogP contribution in [0.2, 0.25) is 0 Å². The van der Waals surface area contributed by atoms with Crippen molar-refractivity contribution in [1.82, 2.24) is 5.32 Å². The van der Waals surface area contributed by atoms with E-state index in [0.29, 0.717) is 12.2 Å². The number of aryl methyl sites for hydroxylation is 2. The first-order valence-corrected chi connectivity index (χ1v) is 8.35. The van der Waals surface area contributed by atoms with Crippen molar-refractivity contribution >= 4 is 28.3 Å². The van der Waals surface area contributed by atoms with Gasteiger partial charge in [0.15, 0.2) is 0 Å². The van der Waals surface area contributed by atoms with Gasteiger partial charge in [0.05, 0.1) is 6.61 Å². The molecule has 3 N–H and O–H groups in total. The van der Waals surface area contributed by atoms with Gasteiger partial charge in [-0.3, -0.25) is 9.59 Å². The molecular formula is C19H20N2O3. The fourth-order valence-electron chi connectivity index (χ4n) is 3.45. The lowest BCUT2D eigenvalue weighted by molar-refractivity contribution is -0.136. The molecule has 0 radical (unpaired) electrons. The van der Waals surface area contributed by atoms with E-state index < -0.39 is 11.8 Å². The van der Waals surface area contributed by atoms with E-state index in [2.05, 4.69) is 16.7 Å². The first kappa shape index (κ1) is 15.1. The number of benzene rings is 2. The highest BCUT2D eigenvalue weighted by Gasteiger charge is 2.42. The quantitative estimate of drug-likeness (QED) is 0.750. The van der Waals surface area contributed by atoms with Gasteiger partial charge in [-0.15, -0.1) is 0 Å². The first-order valence-electron chi connectivity index (χ1n) is 8.35. The third-order valence-corrected chi connectivity index (χ3v) is 5.25. The van der Waals surface area contributed by atoms with Crippen LogP contribution in [0.1, 0.15) is 24.0 Å². The predicted octanol–water partition coefficient (Wildman–Crippen LogP) is 1.77. The summed E-state index contributed by atoms with van der Waals surface area (Å²) in [6, 6.07) is 9.97. The zero-order valence-electron chi connectivity index (χ0n) is 13.4. The standard InChI is InChI=1S/C19H20N2O3/c22-11-19(8-9-19)10-20-17(23)18(24)21-15-7-6-13-5-4-12-2-1-3-14(15)16(12)13/h1-3,6-7,22H,4-5,8-11H2,(H,20,23)(H,21,24). The number of amides is 2. The van der Waals surface area contributed by atoms with Gasteiger partial charge in [-0.05, 0) is 48.3 Å². The molecule has 124 valence electrons. The lowest BCUT2D eigenvalue weighted by atomic mass is 10.0. The Bertz CT molecular complexity index is 830. The minimum atomic E-state index is -0.664. The molecule has 2 aliphatic rings. The molecule has 2 aliphatic carbocycles. The summed E-state index contributed by atoms with van der Waals surface area (Å²) in [6.45, 7) is 0.392. The fourth-order valence-corrected chi connectivity index (χ4v) is 3.45. The maximum atomic E-state index is 12.2. The van der Waals surface area contributed by atoms with Crippen molar-refractivity contribution in [3.63, 3.8) is 0 Å². The molecule has 5 nitrogen and oxygen atoms in total. The summed E-state index contributed by atoms with van der Waals surface area (Å²) in [5.41, 5.74) is 3.04. The Morgan fingerprint density at radius 1 is 1.04 bits per heavy atom. The van der Waals surface area contributed by atoms with E-state index in [1.807, 2.05) is 24.3 Å². The first-order chi connectivity index (χ1) is 11.6. The van der Waals surface area contributed by atoms with Crippen LogP contribution in [0.4, 0.5) is 5.69 Å². The molecule has 2 amide bonds. The summed E-state index contributed by atoms with van der Waals surface area (Å²) in [6.07, 6.45) is 3.82. The molecule has 0 spiro atoms. The van der Waals surface area contributed by atoms with Crippen LogP contribution in [0, 0.1) is 5.41 Å². The highest BCUT2D eigenvalue weighted by Crippen LogP contribution is 2.44. The molecule has 0 aromatic heterocycles. The van der Waals surface area contributed by atoms with Gasteiger partial charge < -0.3 is 15.7 Å². The largest absolute Gasteiger partial charge is 0.396 e. The van der Waals surface area contributed by atoms with Gasteiger partial charge in [0.2, 0.25) is 0 Å². The van der Waals surface area contributed by atoms with Gasteiger partial charge in [-0.25, -0.2) is 0 Å². The number of carbonyl (C=O) groups is 2. The van der Waals surface area contributed by atoms with Gasteiger partial charge in [-0.2, -0.15) is 0 Å². The van der Waals surface area contributed by atoms with Crippen molar-refractivity contribution in [1.29, 1.82) is 0 Å². The highest BCUT2D eigenvalue weighted by molar-refractivity contribution is 6.40. The summed E-state index contributed by atoms with van der Waals surface area (Å²) in [5, 5.41) is 16.8. The second-order valence-electron chi connectivity index (χ2n) is 6.91. The number of nitrogens with one attached hydrogen (secondary N) is 2. The Morgan fingerprint density at radius 3 is 2.50 bits per heavy atom. The van der Waals surface area contributed by atoms with E-state index in [9.17, 15) is 14.7 Å². The Hall–Kier alpha value is -2.40. The van der Waals surface area contributed by atoms with Gasteiger partial charge in [0.1, 0.15) is 0 Å². The second kappa shape index (κ2) is 5.60. The monoisotopic (exact) mass is 324 g/mol. The van der Waals surface area contributed by atoms with Crippen LogP contribution < -0.4 is 10.6 Å². The van der Waals surface area contributed by atoms with E-state index in [-0.39, 0.29) is 12.0 Å². The molecule has 24 heavy (non-hydrogen) atoms. The molecule has 2 aromatic carbocycles. The Balaban J connectivity index is 1.50. The number of anilines is 1. The Morgan fingerprint density at radius 2 is 1.79 bits per heavy atom. The lowest BCUT2D eigenvalue weighted by Crippen LogP contribution is -2.39. The van der Waals surface area contributed by atoms with Crippen LogP contribution in [-0.2, 0) is 22.4 Å². The Labute approximate surface area is 140 Å². The summed E-state index contributed by atoms with van der Waals surface area (Å²) >= 11 is 0. The van der Waals surface area contributed by atoms with E-state index in [0.717, 1.165) is 31.1 Å². The molecule has 0 aliphatic heterocycles. The maximum absolute atomic E-state index is 12.2. The molecule has 0 bridgehead atoms. The van der Waals surface area contributed by atoms with Crippen LogP contribution >= 0.6 is 0 Å². The number of hydrogen-bond donors (Lipinski definition) is 3. The van der Waals surface area contributed by atoms with Crippen LogP contribution in [-0.4, -0.2) is 30.1 Å². The third kappa shape index (κ3) is 2.55. The number of rotatable bonds is 4. The van der Waals surface area contributed by atoms with Crippen molar-refractivity contribution in [2.75, 3.05) is 18.5 Å². The molecule has 1 saturated carbocycles. The SMILES string of the molecule is O=C(NCC1(CO)CC1)C(=O)Nc1ccc2c3c(cccc13)CC2. The number of aliphatic hydroxyl groups excluding tert-OH is 1. The molecule has 1 fully saturated rings. The average molecular weight is 324 g/mol. The van der Waals surface area contributed by atoms with Crippen LogP contribution in [0.5, 0.6) is 0 Å². The van der Waals surface area contributed by atoms with Crippen LogP contribution in [0.25, 0.3) is 10.8 Å². The highest BCUT2D eigenvalue weighted by atomic mass is 16.3. The van der Waals surface area contributed by atoms with Crippen LogP contribution in [0.3, 0.4) is 0 Å². The zero-order chi connectivity index (χ0) is 16.7. The summed E-state index contributed by atoms with van der Waals surface area (Å²) in [4.78, 5) is 24.2. The third-order valence-electron chi connectivity index (χ3n) is 5.25. The van der Waals surface area contributed by atoms with Gasteiger partial charge >= 0.3 is 11.8 Å². The van der Waals surface area contributed by atoms with E-state index >= 15 is 0 Å². The topological polar surface area (TPSA) is 78.4 Å². The fraction of sp³-hybridized carbons (Fsp3) is 0.368. The zero-order valence-corrected chi connectivity index (χ0v) is 13.4. The lowest BCUT2D eigenvalue weighted by Gasteiger charge is -2.13. The average Bonchev–Trinajstić information content (AvgIpc) is 3.28. The number of carbonyl (C=O) groups excluding carboxylic acids is 2. The summed E-state index contributed by atoms with van der Waals surface area (Å²) < 4.78 is 0. The smallest absolute Gasteiger partial charge is 0.313 e. The normalized spacial score (nSPS) is 16.9.